The summed E-state index contributed by atoms with van der Waals surface area (Å²) in [5, 5.41) is 5.38. The molecular formula is C30H26N2+2. The van der Waals surface area contributed by atoms with Gasteiger partial charge >= 0.3 is 0 Å². The Morgan fingerprint density at radius 2 is 0.906 bits per heavy atom. The van der Waals surface area contributed by atoms with Crippen molar-refractivity contribution in [3.63, 3.8) is 0 Å². The number of aryl methyl sites for hydroxylation is 2. The topological polar surface area (TPSA) is 8.20 Å². The third-order valence-corrected chi connectivity index (χ3v) is 6.63. The molecule has 0 fully saturated rings. The molecule has 0 aliphatic rings. The molecule has 6 aromatic rings. The van der Waals surface area contributed by atoms with Crippen molar-refractivity contribution in [2.24, 2.45) is 0 Å². The Hall–Kier alpha value is -3.78. The summed E-state index contributed by atoms with van der Waals surface area (Å²) < 4.78 is 4.54. The Morgan fingerprint density at radius 1 is 0.469 bits per heavy atom. The molecule has 0 aliphatic heterocycles. The number of rotatable bonds is 5. The van der Waals surface area contributed by atoms with Crippen LogP contribution in [0.4, 0.5) is 0 Å². The van der Waals surface area contributed by atoms with Gasteiger partial charge in [-0.3, -0.25) is 0 Å². The largest absolute Gasteiger partial charge is 0.214 e. The molecule has 0 bridgehead atoms. The van der Waals surface area contributed by atoms with Crippen LogP contribution in [0.15, 0.2) is 110 Å². The minimum Gasteiger partial charge on any atom is -0.166 e. The van der Waals surface area contributed by atoms with Crippen LogP contribution in [0.3, 0.4) is 0 Å². The van der Waals surface area contributed by atoms with Crippen LogP contribution in [-0.2, 0) is 12.8 Å². The van der Waals surface area contributed by atoms with E-state index in [9.17, 15) is 0 Å². The Labute approximate surface area is 188 Å². The van der Waals surface area contributed by atoms with E-state index in [1.165, 1.54) is 56.5 Å². The van der Waals surface area contributed by atoms with Crippen LogP contribution in [0.2, 0.25) is 0 Å². The monoisotopic (exact) mass is 414 g/mol. The van der Waals surface area contributed by atoms with Crippen LogP contribution >= 0.6 is 0 Å². The molecule has 2 heteroatoms. The highest BCUT2D eigenvalue weighted by Gasteiger charge is 2.15. The lowest BCUT2D eigenvalue weighted by Gasteiger charge is -2.09. The van der Waals surface area contributed by atoms with Crippen LogP contribution in [0.1, 0.15) is 24.0 Å². The summed E-state index contributed by atoms with van der Waals surface area (Å²) in [5.74, 6) is 0. The predicted octanol–water partition coefficient (Wildman–Crippen LogP) is 6.04. The number of aromatic nitrogens is 2. The number of unbranched alkanes of at least 4 members (excludes halogenated alkanes) is 1. The van der Waals surface area contributed by atoms with E-state index in [1.807, 2.05) is 0 Å². The molecule has 0 unspecified atom stereocenters. The average molecular weight is 415 g/mol. The van der Waals surface area contributed by atoms with Crippen molar-refractivity contribution >= 4 is 32.6 Å². The first-order chi connectivity index (χ1) is 15.9. The fourth-order valence-electron chi connectivity index (χ4n) is 5.12. The number of benzene rings is 2. The molecule has 0 saturated carbocycles. The molecule has 6 rings (SSSR count). The van der Waals surface area contributed by atoms with Crippen molar-refractivity contribution in [1.29, 1.82) is 0 Å². The SMILES string of the molecule is c1ccc2c(CCCCc3c4ccccc4c[n+]4ccccc34)c3cccc[n+]3cc2c1. The van der Waals surface area contributed by atoms with Crippen LogP contribution < -0.4 is 8.80 Å². The molecule has 0 amide bonds. The number of pyridine rings is 4. The lowest BCUT2D eigenvalue weighted by atomic mass is 9.96. The molecule has 0 N–H and O–H groups in total. The third-order valence-electron chi connectivity index (χ3n) is 6.63. The summed E-state index contributed by atoms with van der Waals surface area (Å²) in [5.41, 5.74) is 5.55. The quantitative estimate of drug-likeness (QED) is 0.185. The predicted molar refractivity (Wildman–Crippen MR) is 131 cm³/mol. The van der Waals surface area contributed by atoms with E-state index in [0.29, 0.717) is 0 Å². The van der Waals surface area contributed by atoms with E-state index < -0.39 is 0 Å². The van der Waals surface area contributed by atoms with Gasteiger partial charge in [0.25, 0.3) is 0 Å². The van der Waals surface area contributed by atoms with Gasteiger partial charge in [0.15, 0.2) is 24.8 Å². The second-order valence-corrected chi connectivity index (χ2v) is 8.58. The van der Waals surface area contributed by atoms with Crippen LogP contribution in [-0.4, -0.2) is 0 Å². The molecule has 0 radical (unpaired) electrons. The van der Waals surface area contributed by atoms with Crippen molar-refractivity contribution in [3.8, 4) is 0 Å². The molecule has 0 aliphatic carbocycles. The maximum absolute atomic E-state index is 2.27. The van der Waals surface area contributed by atoms with Gasteiger partial charge in [0.2, 0.25) is 11.0 Å². The van der Waals surface area contributed by atoms with E-state index in [4.69, 9.17) is 0 Å². The molecular weight excluding hydrogens is 388 g/mol. The molecule has 0 atom stereocenters. The van der Waals surface area contributed by atoms with Gasteiger partial charge in [0.05, 0.1) is 0 Å². The first kappa shape index (κ1) is 18.9. The molecule has 32 heavy (non-hydrogen) atoms. The van der Waals surface area contributed by atoms with E-state index in [2.05, 4.69) is 119 Å². The van der Waals surface area contributed by atoms with Gasteiger partial charge in [-0.1, -0.05) is 36.4 Å². The highest BCUT2D eigenvalue weighted by Crippen LogP contribution is 2.25. The lowest BCUT2D eigenvalue weighted by molar-refractivity contribution is -0.510. The zero-order valence-electron chi connectivity index (χ0n) is 18.1. The standard InChI is InChI=1S/C30H26N2/c1-3-13-25-23(11-1)21-31-19-9-7-17-29(31)27(25)15-5-6-16-28-26-14-4-2-12-24(26)22-32-20-10-8-18-30(28)32/h1-4,7-14,17-22H,5-6,15-16H2/q+2. The van der Waals surface area contributed by atoms with Crippen molar-refractivity contribution < 1.29 is 8.80 Å². The van der Waals surface area contributed by atoms with E-state index in [0.717, 1.165) is 12.8 Å². The first-order valence-corrected chi connectivity index (χ1v) is 11.5. The first-order valence-electron chi connectivity index (χ1n) is 11.5. The fourth-order valence-corrected chi connectivity index (χ4v) is 5.12. The van der Waals surface area contributed by atoms with Crippen LogP contribution in [0.5, 0.6) is 0 Å². The number of hydrogen-bond donors (Lipinski definition) is 0. The Morgan fingerprint density at radius 3 is 1.41 bits per heavy atom. The average Bonchev–Trinajstić information content (AvgIpc) is 2.85. The molecule has 154 valence electrons. The van der Waals surface area contributed by atoms with Gasteiger partial charge in [-0.15, -0.1) is 0 Å². The Balaban J connectivity index is 1.32. The van der Waals surface area contributed by atoms with Gasteiger partial charge in [-0.25, -0.2) is 0 Å². The smallest absolute Gasteiger partial charge is 0.166 e. The molecule has 2 nitrogen and oxygen atoms in total. The Kier molecular flexibility index (Phi) is 4.77. The maximum atomic E-state index is 2.27. The summed E-state index contributed by atoms with van der Waals surface area (Å²) in [6, 6.07) is 30.6. The molecule has 0 spiro atoms. The zero-order chi connectivity index (χ0) is 21.3. The lowest BCUT2D eigenvalue weighted by Crippen LogP contribution is -2.22. The normalized spacial score (nSPS) is 11.6. The highest BCUT2D eigenvalue weighted by atomic mass is 14.8. The molecule has 4 heterocycles. The minimum absolute atomic E-state index is 1.09. The highest BCUT2D eigenvalue weighted by molar-refractivity contribution is 5.89. The number of hydrogen-bond acceptors (Lipinski definition) is 0. The summed E-state index contributed by atoms with van der Waals surface area (Å²) in [6.45, 7) is 0. The molecule has 2 aromatic carbocycles. The fraction of sp³-hybridized carbons (Fsp3) is 0.133. The summed E-state index contributed by atoms with van der Waals surface area (Å²) in [4.78, 5) is 0. The number of fused-ring (bicyclic) bond motifs is 4. The summed E-state index contributed by atoms with van der Waals surface area (Å²) >= 11 is 0. The minimum atomic E-state index is 1.09. The van der Waals surface area contributed by atoms with Gasteiger partial charge in [0.1, 0.15) is 0 Å². The molecule has 4 aromatic heterocycles. The summed E-state index contributed by atoms with van der Waals surface area (Å²) in [6.07, 6.45) is 13.3. The van der Waals surface area contributed by atoms with Gasteiger partial charge in [0, 0.05) is 46.2 Å². The van der Waals surface area contributed by atoms with Crippen molar-refractivity contribution in [3.05, 3.63) is 121 Å². The second kappa shape index (κ2) is 8.05. The molecule has 0 saturated heterocycles. The maximum Gasteiger partial charge on any atom is 0.214 e. The van der Waals surface area contributed by atoms with Crippen LogP contribution in [0, 0.1) is 0 Å². The van der Waals surface area contributed by atoms with E-state index >= 15 is 0 Å². The number of nitrogens with zero attached hydrogens (tertiary/aromatic N) is 2. The van der Waals surface area contributed by atoms with Gasteiger partial charge in [-0.2, -0.15) is 8.80 Å². The summed E-state index contributed by atoms with van der Waals surface area (Å²) in [7, 11) is 0. The second-order valence-electron chi connectivity index (χ2n) is 8.58. The van der Waals surface area contributed by atoms with Gasteiger partial charge < -0.3 is 0 Å². The van der Waals surface area contributed by atoms with E-state index in [-0.39, 0.29) is 0 Å². The van der Waals surface area contributed by atoms with E-state index in [1.54, 1.807) is 0 Å². The van der Waals surface area contributed by atoms with Crippen molar-refractivity contribution in [2.75, 3.05) is 0 Å². The van der Waals surface area contributed by atoms with Gasteiger partial charge in [-0.05, 0) is 60.7 Å². The van der Waals surface area contributed by atoms with Crippen LogP contribution in [0.25, 0.3) is 32.6 Å². The Bertz CT molecular complexity index is 1350. The zero-order valence-corrected chi connectivity index (χ0v) is 18.1. The van der Waals surface area contributed by atoms with Crippen molar-refractivity contribution in [1.82, 2.24) is 0 Å². The third kappa shape index (κ3) is 3.29. The van der Waals surface area contributed by atoms with Crippen molar-refractivity contribution in [2.45, 2.75) is 25.7 Å².